The van der Waals surface area contributed by atoms with Gasteiger partial charge in [-0.15, -0.1) is 0 Å². The highest BCUT2D eigenvalue weighted by atomic mass is 32.2. The van der Waals surface area contributed by atoms with Gasteiger partial charge in [0, 0.05) is 30.7 Å². The van der Waals surface area contributed by atoms with Gasteiger partial charge in [0.2, 0.25) is 15.9 Å². The molecule has 1 saturated carbocycles. The van der Waals surface area contributed by atoms with E-state index in [-0.39, 0.29) is 37.0 Å². The van der Waals surface area contributed by atoms with Gasteiger partial charge in [-0.25, -0.2) is 12.8 Å². The van der Waals surface area contributed by atoms with Crippen LogP contribution < -0.4 is 10.6 Å². The molecule has 1 aliphatic carbocycles. The smallest absolute Gasteiger partial charge is 0.351 e. The van der Waals surface area contributed by atoms with Crippen LogP contribution in [-0.4, -0.2) is 49.7 Å². The molecule has 206 valence electrons. The Kier molecular flexibility index (Phi) is 8.41. The Hall–Kier alpha value is -2.99. The molecule has 1 heterocycles. The molecule has 3 atom stereocenters. The van der Waals surface area contributed by atoms with E-state index in [0.717, 1.165) is 35.3 Å². The van der Waals surface area contributed by atoms with Gasteiger partial charge in [0.25, 0.3) is 5.91 Å². The number of sulfonamides is 1. The van der Waals surface area contributed by atoms with Crippen LogP contribution in [0.25, 0.3) is 0 Å². The van der Waals surface area contributed by atoms with Crippen molar-refractivity contribution in [2.45, 2.75) is 61.7 Å². The number of carbonyl (C=O) groups is 2. The van der Waals surface area contributed by atoms with E-state index in [0.29, 0.717) is 37.3 Å². The number of hydrogen-bond acceptors (Lipinski definition) is 4. The van der Waals surface area contributed by atoms with Crippen LogP contribution in [0.4, 0.5) is 17.6 Å². The Labute approximate surface area is 218 Å². The fourth-order valence-corrected chi connectivity index (χ4v) is 6.56. The van der Waals surface area contributed by atoms with Gasteiger partial charge >= 0.3 is 6.18 Å². The van der Waals surface area contributed by atoms with Crippen molar-refractivity contribution >= 4 is 21.8 Å². The maximum atomic E-state index is 13.2. The predicted molar refractivity (Wildman–Crippen MR) is 131 cm³/mol. The zero-order valence-electron chi connectivity index (χ0n) is 20.5. The number of halogens is 4. The third-order valence-corrected chi connectivity index (χ3v) is 8.93. The molecule has 0 radical (unpaired) electrons. The first-order valence-corrected chi connectivity index (χ1v) is 13.9. The molecule has 1 unspecified atom stereocenters. The molecule has 4 rings (SSSR count). The normalized spacial score (nSPS) is 23.0. The molecule has 38 heavy (non-hydrogen) atoms. The SMILES string of the molecule is O=C(N[C@@H]1CCCC[C@H]1NC(=O)C1CCCN(S(=O)(=O)c2cccc(C(F)(F)F)c2)C1)c1ccc(F)cc1. The summed E-state index contributed by atoms with van der Waals surface area (Å²) >= 11 is 0. The Morgan fingerprint density at radius 3 is 2.21 bits per heavy atom. The summed E-state index contributed by atoms with van der Waals surface area (Å²) in [5.41, 5.74) is -0.763. The average Bonchev–Trinajstić information content (AvgIpc) is 2.90. The topological polar surface area (TPSA) is 95.6 Å². The van der Waals surface area contributed by atoms with E-state index in [1.807, 2.05) is 0 Å². The molecule has 1 saturated heterocycles. The summed E-state index contributed by atoms with van der Waals surface area (Å²) in [6, 6.07) is 8.00. The largest absolute Gasteiger partial charge is 0.416 e. The summed E-state index contributed by atoms with van der Waals surface area (Å²) in [7, 11) is -4.24. The quantitative estimate of drug-likeness (QED) is 0.525. The predicted octanol–water partition coefficient (Wildman–Crippen LogP) is 4.10. The number of rotatable bonds is 6. The molecule has 2 aromatic rings. The van der Waals surface area contributed by atoms with Gasteiger partial charge in [0.05, 0.1) is 16.4 Å². The number of carbonyl (C=O) groups excluding carboxylic acids is 2. The zero-order chi connectivity index (χ0) is 27.5. The summed E-state index contributed by atoms with van der Waals surface area (Å²) in [6.45, 7) is -0.0497. The lowest BCUT2D eigenvalue weighted by Gasteiger charge is -2.36. The van der Waals surface area contributed by atoms with E-state index >= 15 is 0 Å². The third-order valence-electron chi connectivity index (χ3n) is 7.07. The minimum atomic E-state index is -4.68. The number of nitrogens with zero attached hydrogens (tertiary/aromatic N) is 1. The van der Waals surface area contributed by atoms with Crippen LogP contribution in [0, 0.1) is 11.7 Å². The molecular weight excluding hydrogens is 526 g/mol. The van der Waals surface area contributed by atoms with Crippen LogP contribution in [-0.2, 0) is 21.0 Å². The van der Waals surface area contributed by atoms with Crippen LogP contribution in [0.3, 0.4) is 0 Å². The number of benzene rings is 2. The molecular formula is C26H29F4N3O4S. The van der Waals surface area contributed by atoms with Crippen LogP contribution in [0.2, 0.25) is 0 Å². The molecule has 2 fully saturated rings. The van der Waals surface area contributed by atoms with Crippen LogP contribution in [0.15, 0.2) is 53.4 Å². The van der Waals surface area contributed by atoms with Gasteiger partial charge < -0.3 is 10.6 Å². The number of alkyl halides is 3. The molecule has 1 aliphatic heterocycles. The molecule has 2 aliphatic rings. The Bertz CT molecular complexity index is 1270. The number of hydrogen-bond donors (Lipinski definition) is 2. The van der Waals surface area contributed by atoms with Crippen molar-refractivity contribution in [2.75, 3.05) is 13.1 Å². The molecule has 12 heteroatoms. The van der Waals surface area contributed by atoms with E-state index in [1.165, 1.54) is 24.3 Å². The average molecular weight is 556 g/mol. The highest BCUT2D eigenvalue weighted by Gasteiger charge is 2.37. The molecule has 7 nitrogen and oxygen atoms in total. The van der Waals surface area contributed by atoms with E-state index in [1.54, 1.807) is 0 Å². The first-order chi connectivity index (χ1) is 17.9. The van der Waals surface area contributed by atoms with Gasteiger partial charge in [-0.3, -0.25) is 9.59 Å². The van der Waals surface area contributed by atoms with Gasteiger partial charge in [-0.2, -0.15) is 17.5 Å². The van der Waals surface area contributed by atoms with Crippen molar-refractivity contribution in [1.82, 2.24) is 14.9 Å². The molecule has 2 amide bonds. The number of nitrogens with one attached hydrogen (secondary N) is 2. The summed E-state index contributed by atoms with van der Waals surface area (Å²) < 4.78 is 79.8. The molecule has 0 bridgehead atoms. The zero-order valence-corrected chi connectivity index (χ0v) is 21.3. The van der Waals surface area contributed by atoms with Crippen molar-refractivity contribution in [2.24, 2.45) is 5.92 Å². The summed E-state index contributed by atoms with van der Waals surface area (Å²) in [5.74, 6) is -1.88. The maximum Gasteiger partial charge on any atom is 0.416 e. The third kappa shape index (κ3) is 6.52. The van der Waals surface area contributed by atoms with Crippen molar-refractivity contribution in [3.63, 3.8) is 0 Å². The second-order valence-corrected chi connectivity index (χ2v) is 11.7. The lowest BCUT2D eigenvalue weighted by Crippen LogP contribution is -2.55. The lowest BCUT2D eigenvalue weighted by atomic mass is 9.89. The minimum absolute atomic E-state index is 0.0993. The summed E-state index contributed by atoms with van der Waals surface area (Å²) in [4.78, 5) is 25.3. The highest BCUT2D eigenvalue weighted by molar-refractivity contribution is 7.89. The summed E-state index contributed by atoms with van der Waals surface area (Å²) in [5, 5.41) is 5.87. The van der Waals surface area contributed by atoms with Gasteiger partial charge in [-0.1, -0.05) is 18.9 Å². The number of piperidine rings is 1. The molecule has 0 spiro atoms. The first-order valence-electron chi connectivity index (χ1n) is 12.5. The van der Waals surface area contributed by atoms with Gasteiger partial charge in [-0.05, 0) is 68.1 Å². The van der Waals surface area contributed by atoms with Crippen molar-refractivity contribution in [3.05, 3.63) is 65.5 Å². The minimum Gasteiger partial charge on any atom is -0.351 e. The van der Waals surface area contributed by atoms with E-state index in [2.05, 4.69) is 10.6 Å². The highest BCUT2D eigenvalue weighted by Crippen LogP contribution is 2.32. The van der Waals surface area contributed by atoms with Gasteiger partial charge in [0.15, 0.2) is 0 Å². The first kappa shape index (κ1) is 28.0. The Balaban J connectivity index is 1.41. The lowest BCUT2D eigenvalue weighted by molar-refractivity contribution is -0.137. The maximum absolute atomic E-state index is 13.2. The Morgan fingerprint density at radius 1 is 0.895 bits per heavy atom. The molecule has 2 aromatic carbocycles. The Morgan fingerprint density at radius 2 is 1.55 bits per heavy atom. The van der Waals surface area contributed by atoms with Crippen molar-refractivity contribution in [1.29, 1.82) is 0 Å². The monoisotopic (exact) mass is 555 g/mol. The van der Waals surface area contributed by atoms with E-state index in [9.17, 15) is 35.6 Å². The van der Waals surface area contributed by atoms with Crippen LogP contribution in [0.1, 0.15) is 54.4 Å². The van der Waals surface area contributed by atoms with E-state index < -0.39 is 38.4 Å². The second kappa shape index (κ2) is 11.4. The fourth-order valence-electron chi connectivity index (χ4n) is 4.99. The van der Waals surface area contributed by atoms with E-state index in [4.69, 9.17) is 0 Å². The fraction of sp³-hybridized carbons (Fsp3) is 0.462. The van der Waals surface area contributed by atoms with Crippen molar-refractivity contribution < 1.29 is 35.6 Å². The van der Waals surface area contributed by atoms with Crippen molar-refractivity contribution in [3.8, 4) is 0 Å². The van der Waals surface area contributed by atoms with Gasteiger partial charge in [0.1, 0.15) is 5.82 Å². The number of amides is 2. The molecule has 2 N–H and O–H groups in total. The summed E-state index contributed by atoms with van der Waals surface area (Å²) in [6.07, 6.45) is -0.913. The molecule has 0 aromatic heterocycles. The second-order valence-electron chi connectivity index (χ2n) is 9.71. The standard InChI is InChI=1S/C26H29F4N3O4S/c27-20-12-10-17(11-13-20)24(34)31-22-8-1-2-9-23(22)32-25(35)18-5-4-14-33(16-18)38(36,37)21-7-3-6-19(15-21)26(28,29)30/h3,6-7,10-13,15,18,22-23H,1-2,4-5,8-9,14,16H2,(H,31,34)(H,32,35)/t18?,22-,23-/m1/s1. The van der Waals surface area contributed by atoms with Crippen LogP contribution in [0.5, 0.6) is 0 Å². The van der Waals surface area contributed by atoms with Crippen LogP contribution >= 0.6 is 0 Å².